The van der Waals surface area contributed by atoms with E-state index in [0.29, 0.717) is 6.61 Å². The number of esters is 1. The molecule has 2 rings (SSSR count). The molecule has 18 heavy (non-hydrogen) atoms. The lowest BCUT2D eigenvalue weighted by Gasteiger charge is -2.26. The Labute approximate surface area is 110 Å². The van der Waals surface area contributed by atoms with Crippen molar-refractivity contribution in [2.75, 3.05) is 38.3 Å². The number of hydrogen-bond donors (Lipinski definition) is 1. The Kier molecular flexibility index (Phi) is 4.91. The monoisotopic (exact) mass is 271 g/mol. The maximum absolute atomic E-state index is 11.3. The number of morpholine rings is 1. The number of carbonyl (C=O) groups is 1. The van der Waals surface area contributed by atoms with Gasteiger partial charge in [-0.05, 0) is 6.92 Å². The summed E-state index contributed by atoms with van der Waals surface area (Å²) in [5.41, 5.74) is 3.96. The van der Waals surface area contributed by atoms with Crippen LogP contribution in [0.3, 0.4) is 0 Å². The molecule has 6 nitrogen and oxygen atoms in total. The minimum absolute atomic E-state index is 0.231. The van der Waals surface area contributed by atoms with E-state index >= 15 is 0 Å². The van der Waals surface area contributed by atoms with Crippen molar-refractivity contribution in [1.82, 2.24) is 9.99 Å². The normalized spacial score (nSPS) is 16.5. The zero-order valence-corrected chi connectivity index (χ0v) is 11.2. The van der Waals surface area contributed by atoms with Gasteiger partial charge in [-0.2, -0.15) is 0 Å². The van der Waals surface area contributed by atoms with Crippen LogP contribution in [-0.4, -0.2) is 48.9 Å². The molecule has 0 spiro atoms. The van der Waals surface area contributed by atoms with E-state index in [1.165, 1.54) is 11.3 Å². The van der Waals surface area contributed by atoms with Crippen LogP contribution in [0.1, 0.15) is 12.6 Å². The van der Waals surface area contributed by atoms with Gasteiger partial charge in [0, 0.05) is 18.5 Å². The summed E-state index contributed by atoms with van der Waals surface area (Å²) in [5.74, 6) is -0.235. The van der Waals surface area contributed by atoms with Crippen molar-refractivity contribution in [3.05, 3.63) is 11.1 Å². The van der Waals surface area contributed by atoms with Gasteiger partial charge in [-0.3, -0.25) is 10.2 Å². The van der Waals surface area contributed by atoms with Gasteiger partial charge >= 0.3 is 5.97 Å². The highest BCUT2D eigenvalue weighted by Gasteiger charge is 2.13. The predicted octanol–water partition coefficient (Wildman–Crippen LogP) is 0.908. The van der Waals surface area contributed by atoms with Crippen molar-refractivity contribution in [3.8, 4) is 0 Å². The van der Waals surface area contributed by atoms with Gasteiger partial charge in [-0.1, -0.05) is 0 Å². The third-order valence-electron chi connectivity index (χ3n) is 2.45. The molecule has 1 aromatic heterocycles. The first-order valence-electron chi connectivity index (χ1n) is 5.97. The molecule has 0 radical (unpaired) electrons. The van der Waals surface area contributed by atoms with Gasteiger partial charge in [0.1, 0.15) is 0 Å². The van der Waals surface area contributed by atoms with Gasteiger partial charge in [0.15, 0.2) is 5.13 Å². The fraction of sp³-hybridized carbons (Fsp3) is 0.636. The van der Waals surface area contributed by atoms with Crippen LogP contribution in [-0.2, 0) is 20.7 Å². The van der Waals surface area contributed by atoms with Crippen molar-refractivity contribution in [1.29, 1.82) is 0 Å². The molecule has 0 aliphatic carbocycles. The summed E-state index contributed by atoms with van der Waals surface area (Å²) >= 11 is 1.49. The first kappa shape index (κ1) is 13.3. The minimum atomic E-state index is -0.235. The molecular formula is C11H17N3O3S. The Bertz CT molecular complexity index is 391. The summed E-state index contributed by atoms with van der Waals surface area (Å²) in [4.78, 5) is 15.7. The standard InChI is InChI=1S/C11H17N3O3S/c1-2-17-10(15)7-9-8-18-11(12-9)13-14-3-5-16-6-4-14/h8H,2-7H2,1H3,(H,12,13). The van der Waals surface area contributed by atoms with E-state index in [2.05, 4.69) is 15.4 Å². The molecule has 2 heterocycles. The Hall–Kier alpha value is -1.18. The van der Waals surface area contributed by atoms with E-state index in [-0.39, 0.29) is 12.4 Å². The lowest BCUT2D eigenvalue weighted by atomic mass is 10.3. The number of carbonyl (C=O) groups excluding carboxylic acids is 1. The quantitative estimate of drug-likeness (QED) is 0.803. The van der Waals surface area contributed by atoms with Crippen LogP contribution in [0.15, 0.2) is 5.38 Å². The number of ether oxygens (including phenoxy) is 2. The Morgan fingerprint density at radius 2 is 2.39 bits per heavy atom. The van der Waals surface area contributed by atoms with Gasteiger partial charge in [0.25, 0.3) is 0 Å². The van der Waals surface area contributed by atoms with Gasteiger partial charge in [0.2, 0.25) is 0 Å². The molecule has 7 heteroatoms. The number of aromatic nitrogens is 1. The fourth-order valence-electron chi connectivity index (χ4n) is 1.61. The highest BCUT2D eigenvalue weighted by atomic mass is 32.1. The summed E-state index contributed by atoms with van der Waals surface area (Å²) in [5, 5.41) is 4.74. The third kappa shape index (κ3) is 3.94. The zero-order chi connectivity index (χ0) is 12.8. The summed E-state index contributed by atoms with van der Waals surface area (Å²) < 4.78 is 10.1. The zero-order valence-electron chi connectivity index (χ0n) is 10.3. The summed E-state index contributed by atoms with van der Waals surface area (Å²) in [6, 6.07) is 0. The number of thiazole rings is 1. The molecule has 0 amide bonds. The average Bonchev–Trinajstić information content (AvgIpc) is 2.78. The van der Waals surface area contributed by atoms with Crippen LogP contribution in [0, 0.1) is 0 Å². The summed E-state index contributed by atoms with van der Waals surface area (Å²) in [6.07, 6.45) is 0.231. The molecule has 1 aliphatic heterocycles. The second kappa shape index (κ2) is 6.67. The molecule has 1 aliphatic rings. The minimum Gasteiger partial charge on any atom is -0.466 e. The number of hydrogen-bond acceptors (Lipinski definition) is 7. The smallest absolute Gasteiger partial charge is 0.311 e. The Morgan fingerprint density at radius 3 is 3.11 bits per heavy atom. The lowest BCUT2D eigenvalue weighted by molar-refractivity contribution is -0.142. The summed E-state index contributed by atoms with van der Waals surface area (Å²) in [6.45, 7) is 5.34. The Balaban J connectivity index is 1.83. The maximum atomic E-state index is 11.3. The highest BCUT2D eigenvalue weighted by Crippen LogP contribution is 2.17. The van der Waals surface area contributed by atoms with Crippen molar-refractivity contribution in [3.63, 3.8) is 0 Å². The first-order chi connectivity index (χ1) is 8.78. The second-order valence-corrected chi connectivity index (χ2v) is 4.70. The van der Waals surface area contributed by atoms with Gasteiger partial charge < -0.3 is 9.47 Å². The van der Waals surface area contributed by atoms with E-state index in [0.717, 1.165) is 37.1 Å². The predicted molar refractivity (Wildman–Crippen MR) is 68.5 cm³/mol. The van der Waals surface area contributed by atoms with Crippen LogP contribution < -0.4 is 5.43 Å². The number of nitrogens with zero attached hydrogens (tertiary/aromatic N) is 2. The molecule has 1 aromatic rings. The molecule has 1 saturated heterocycles. The molecule has 0 atom stereocenters. The van der Waals surface area contributed by atoms with E-state index in [1.54, 1.807) is 6.92 Å². The fourth-order valence-corrected chi connectivity index (χ4v) is 2.35. The van der Waals surface area contributed by atoms with Crippen LogP contribution in [0.5, 0.6) is 0 Å². The third-order valence-corrected chi connectivity index (χ3v) is 3.24. The lowest BCUT2D eigenvalue weighted by Crippen LogP contribution is -2.40. The van der Waals surface area contributed by atoms with Crippen molar-refractivity contribution in [2.24, 2.45) is 0 Å². The van der Waals surface area contributed by atoms with Crippen molar-refractivity contribution < 1.29 is 14.3 Å². The molecule has 100 valence electrons. The molecule has 0 unspecified atom stereocenters. The van der Waals surface area contributed by atoms with Crippen molar-refractivity contribution in [2.45, 2.75) is 13.3 Å². The SMILES string of the molecule is CCOC(=O)Cc1csc(NN2CCOCC2)n1. The molecule has 1 fully saturated rings. The van der Waals surface area contributed by atoms with E-state index in [1.807, 2.05) is 5.38 Å². The number of nitrogens with one attached hydrogen (secondary N) is 1. The van der Waals surface area contributed by atoms with Crippen LogP contribution >= 0.6 is 11.3 Å². The number of rotatable bonds is 5. The van der Waals surface area contributed by atoms with Gasteiger partial charge in [-0.15, -0.1) is 11.3 Å². The molecule has 0 saturated carbocycles. The van der Waals surface area contributed by atoms with Crippen molar-refractivity contribution >= 4 is 22.4 Å². The van der Waals surface area contributed by atoms with Gasteiger partial charge in [0.05, 0.1) is 31.9 Å². The van der Waals surface area contributed by atoms with Crippen LogP contribution in [0.4, 0.5) is 5.13 Å². The summed E-state index contributed by atoms with van der Waals surface area (Å²) in [7, 11) is 0. The molecule has 1 N–H and O–H groups in total. The van der Waals surface area contributed by atoms with Gasteiger partial charge in [-0.25, -0.2) is 9.99 Å². The topological polar surface area (TPSA) is 63.7 Å². The second-order valence-electron chi connectivity index (χ2n) is 3.84. The highest BCUT2D eigenvalue weighted by molar-refractivity contribution is 7.13. The largest absolute Gasteiger partial charge is 0.466 e. The Morgan fingerprint density at radius 1 is 1.61 bits per heavy atom. The van der Waals surface area contributed by atoms with Crippen LogP contribution in [0.2, 0.25) is 0 Å². The first-order valence-corrected chi connectivity index (χ1v) is 6.85. The molecule has 0 aromatic carbocycles. The van der Waals surface area contributed by atoms with E-state index in [4.69, 9.17) is 9.47 Å². The average molecular weight is 271 g/mol. The number of anilines is 1. The van der Waals surface area contributed by atoms with E-state index in [9.17, 15) is 4.79 Å². The molecular weight excluding hydrogens is 254 g/mol. The maximum Gasteiger partial charge on any atom is 0.311 e. The van der Waals surface area contributed by atoms with E-state index < -0.39 is 0 Å². The molecule has 0 bridgehead atoms. The van der Waals surface area contributed by atoms with Crippen LogP contribution in [0.25, 0.3) is 0 Å². The number of hydrazine groups is 1.